The van der Waals surface area contributed by atoms with E-state index in [4.69, 9.17) is 0 Å². The standard InChI is InChI=1S/C19H33NO/c1-6-7-8-10-20(15(2)3)11-9-19(21)18-13-16(4)12-17(5)14-18/h12-15,19,21H,6-11H2,1-5H3. The Morgan fingerprint density at radius 3 is 2.14 bits per heavy atom. The second-order valence-corrected chi connectivity index (χ2v) is 6.56. The molecule has 0 aliphatic carbocycles. The second kappa shape index (κ2) is 9.22. The van der Waals surface area contributed by atoms with Gasteiger partial charge in [0.25, 0.3) is 0 Å². The third-order valence-electron chi connectivity index (χ3n) is 4.10. The van der Waals surface area contributed by atoms with Crippen LogP contribution in [0, 0.1) is 13.8 Å². The number of rotatable bonds is 9. The fraction of sp³-hybridized carbons (Fsp3) is 0.684. The van der Waals surface area contributed by atoms with Crippen molar-refractivity contribution in [1.29, 1.82) is 0 Å². The lowest BCUT2D eigenvalue weighted by Gasteiger charge is -2.27. The quantitative estimate of drug-likeness (QED) is 0.671. The van der Waals surface area contributed by atoms with Crippen LogP contribution < -0.4 is 0 Å². The van der Waals surface area contributed by atoms with Crippen molar-refractivity contribution in [3.05, 3.63) is 34.9 Å². The Kier molecular flexibility index (Phi) is 7.98. The summed E-state index contributed by atoms with van der Waals surface area (Å²) in [6, 6.07) is 6.91. The Balaban J connectivity index is 2.54. The predicted molar refractivity (Wildman–Crippen MR) is 91.7 cm³/mol. The van der Waals surface area contributed by atoms with Crippen LogP contribution in [0.3, 0.4) is 0 Å². The van der Waals surface area contributed by atoms with Crippen molar-refractivity contribution in [3.8, 4) is 0 Å². The summed E-state index contributed by atoms with van der Waals surface area (Å²) in [6.07, 6.45) is 4.28. The lowest BCUT2D eigenvalue weighted by Crippen LogP contribution is -2.33. The van der Waals surface area contributed by atoms with E-state index in [1.165, 1.54) is 30.4 Å². The highest BCUT2D eigenvalue weighted by Crippen LogP contribution is 2.20. The zero-order valence-electron chi connectivity index (χ0n) is 14.5. The van der Waals surface area contributed by atoms with Gasteiger partial charge < -0.3 is 10.0 Å². The normalized spacial score (nSPS) is 13.1. The van der Waals surface area contributed by atoms with E-state index in [9.17, 15) is 5.11 Å². The smallest absolute Gasteiger partial charge is 0.0802 e. The molecule has 1 aromatic carbocycles. The zero-order chi connectivity index (χ0) is 15.8. The first-order valence-corrected chi connectivity index (χ1v) is 8.44. The van der Waals surface area contributed by atoms with Crippen LogP contribution in [-0.4, -0.2) is 29.1 Å². The molecule has 2 nitrogen and oxygen atoms in total. The average Bonchev–Trinajstić information content (AvgIpc) is 2.40. The molecular formula is C19H33NO. The minimum atomic E-state index is -0.351. The number of hydrogen-bond acceptors (Lipinski definition) is 2. The van der Waals surface area contributed by atoms with Crippen molar-refractivity contribution in [2.24, 2.45) is 0 Å². The lowest BCUT2D eigenvalue weighted by molar-refractivity contribution is 0.129. The SMILES string of the molecule is CCCCCN(CCC(O)c1cc(C)cc(C)c1)C(C)C. The molecule has 1 aromatic rings. The van der Waals surface area contributed by atoms with Gasteiger partial charge in [-0.05, 0) is 52.6 Å². The van der Waals surface area contributed by atoms with Crippen LogP contribution in [0.25, 0.3) is 0 Å². The van der Waals surface area contributed by atoms with E-state index in [0.29, 0.717) is 6.04 Å². The number of aryl methyl sites for hydroxylation is 2. The van der Waals surface area contributed by atoms with Crippen LogP contribution in [-0.2, 0) is 0 Å². The van der Waals surface area contributed by atoms with Gasteiger partial charge >= 0.3 is 0 Å². The molecule has 0 spiro atoms. The van der Waals surface area contributed by atoms with Crippen molar-refractivity contribution < 1.29 is 5.11 Å². The van der Waals surface area contributed by atoms with Gasteiger partial charge in [-0.2, -0.15) is 0 Å². The summed E-state index contributed by atoms with van der Waals surface area (Å²) < 4.78 is 0. The van der Waals surface area contributed by atoms with E-state index in [1.54, 1.807) is 0 Å². The minimum Gasteiger partial charge on any atom is -0.388 e. The predicted octanol–water partition coefficient (Wildman–Crippen LogP) is 4.63. The number of nitrogens with zero attached hydrogens (tertiary/aromatic N) is 1. The van der Waals surface area contributed by atoms with E-state index < -0.39 is 0 Å². The van der Waals surface area contributed by atoms with Crippen LogP contribution in [0.15, 0.2) is 18.2 Å². The molecule has 1 unspecified atom stereocenters. The number of aliphatic hydroxyl groups is 1. The molecule has 0 saturated carbocycles. The van der Waals surface area contributed by atoms with E-state index >= 15 is 0 Å². The summed E-state index contributed by atoms with van der Waals surface area (Å²) in [4.78, 5) is 2.49. The van der Waals surface area contributed by atoms with E-state index in [1.807, 2.05) is 0 Å². The first-order chi connectivity index (χ1) is 9.93. The van der Waals surface area contributed by atoms with E-state index in [0.717, 1.165) is 25.1 Å². The minimum absolute atomic E-state index is 0.351. The molecular weight excluding hydrogens is 258 g/mol. The molecule has 0 saturated heterocycles. The van der Waals surface area contributed by atoms with Crippen LogP contribution in [0.2, 0.25) is 0 Å². The molecule has 1 N–H and O–H groups in total. The Morgan fingerprint density at radius 2 is 1.62 bits per heavy atom. The van der Waals surface area contributed by atoms with Crippen molar-refractivity contribution in [1.82, 2.24) is 4.90 Å². The Labute approximate surface area is 131 Å². The summed E-state index contributed by atoms with van der Waals surface area (Å²) in [7, 11) is 0. The molecule has 0 amide bonds. The van der Waals surface area contributed by atoms with Crippen LogP contribution >= 0.6 is 0 Å². The molecule has 0 heterocycles. The largest absolute Gasteiger partial charge is 0.388 e. The van der Waals surface area contributed by atoms with Gasteiger partial charge in [0, 0.05) is 12.6 Å². The molecule has 0 radical (unpaired) electrons. The Hall–Kier alpha value is -0.860. The van der Waals surface area contributed by atoms with Crippen LogP contribution in [0.1, 0.15) is 69.2 Å². The van der Waals surface area contributed by atoms with Gasteiger partial charge in [0.1, 0.15) is 0 Å². The lowest BCUT2D eigenvalue weighted by atomic mass is 10.0. The summed E-state index contributed by atoms with van der Waals surface area (Å²) in [5.41, 5.74) is 3.52. The third-order valence-corrected chi connectivity index (χ3v) is 4.10. The van der Waals surface area contributed by atoms with Gasteiger partial charge in [0.2, 0.25) is 0 Å². The van der Waals surface area contributed by atoms with Gasteiger partial charge in [-0.15, -0.1) is 0 Å². The molecule has 120 valence electrons. The first kappa shape index (κ1) is 18.2. The fourth-order valence-corrected chi connectivity index (χ4v) is 2.85. The van der Waals surface area contributed by atoms with E-state index in [2.05, 4.69) is 57.7 Å². The van der Waals surface area contributed by atoms with Gasteiger partial charge in [-0.3, -0.25) is 0 Å². The Morgan fingerprint density at radius 1 is 1.00 bits per heavy atom. The molecule has 0 aromatic heterocycles. The van der Waals surface area contributed by atoms with Crippen molar-refractivity contribution >= 4 is 0 Å². The molecule has 1 rings (SSSR count). The summed E-state index contributed by atoms with van der Waals surface area (Å²) >= 11 is 0. The van der Waals surface area contributed by atoms with E-state index in [-0.39, 0.29) is 6.10 Å². The van der Waals surface area contributed by atoms with Gasteiger partial charge in [0.05, 0.1) is 6.10 Å². The molecule has 0 fully saturated rings. The monoisotopic (exact) mass is 291 g/mol. The number of aliphatic hydroxyl groups excluding tert-OH is 1. The topological polar surface area (TPSA) is 23.5 Å². The first-order valence-electron chi connectivity index (χ1n) is 8.44. The summed E-state index contributed by atoms with van der Waals surface area (Å²) in [5, 5.41) is 10.4. The Bertz CT molecular complexity index is 394. The zero-order valence-corrected chi connectivity index (χ0v) is 14.5. The molecule has 0 bridgehead atoms. The highest BCUT2D eigenvalue weighted by molar-refractivity contribution is 5.29. The van der Waals surface area contributed by atoms with Crippen LogP contribution in [0.4, 0.5) is 0 Å². The van der Waals surface area contributed by atoms with Gasteiger partial charge in [-0.1, -0.05) is 49.1 Å². The second-order valence-electron chi connectivity index (χ2n) is 6.56. The molecule has 0 aliphatic heterocycles. The summed E-state index contributed by atoms with van der Waals surface area (Å²) in [5.74, 6) is 0. The van der Waals surface area contributed by atoms with Crippen molar-refractivity contribution in [2.75, 3.05) is 13.1 Å². The third kappa shape index (κ3) is 6.62. The highest BCUT2D eigenvalue weighted by Gasteiger charge is 2.13. The fourth-order valence-electron chi connectivity index (χ4n) is 2.85. The maximum Gasteiger partial charge on any atom is 0.0802 e. The van der Waals surface area contributed by atoms with Gasteiger partial charge in [0.15, 0.2) is 0 Å². The highest BCUT2D eigenvalue weighted by atomic mass is 16.3. The number of benzene rings is 1. The van der Waals surface area contributed by atoms with Crippen LogP contribution in [0.5, 0.6) is 0 Å². The molecule has 0 aliphatic rings. The maximum atomic E-state index is 10.4. The molecule has 21 heavy (non-hydrogen) atoms. The maximum absolute atomic E-state index is 10.4. The number of unbranched alkanes of at least 4 members (excludes halogenated alkanes) is 2. The molecule has 1 atom stereocenters. The van der Waals surface area contributed by atoms with Crippen molar-refractivity contribution in [2.45, 2.75) is 72.4 Å². The summed E-state index contributed by atoms with van der Waals surface area (Å²) in [6.45, 7) is 13.0. The van der Waals surface area contributed by atoms with Gasteiger partial charge in [-0.25, -0.2) is 0 Å². The average molecular weight is 291 g/mol. The number of hydrogen-bond donors (Lipinski definition) is 1. The molecule has 2 heteroatoms. The van der Waals surface area contributed by atoms with Crippen molar-refractivity contribution in [3.63, 3.8) is 0 Å².